The van der Waals surface area contributed by atoms with Gasteiger partial charge in [0.15, 0.2) is 0 Å². The van der Waals surface area contributed by atoms with E-state index in [1.807, 2.05) is 30.3 Å². The maximum Gasteiger partial charge on any atom is 0.417 e. The van der Waals surface area contributed by atoms with Crippen LogP contribution in [0.4, 0.5) is 4.79 Å². The molecule has 6 nitrogen and oxygen atoms in total. The second-order valence-corrected chi connectivity index (χ2v) is 5.66. The quantitative estimate of drug-likeness (QED) is 0.567. The van der Waals surface area contributed by atoms with Crippen molar-refractivity contribution < 1.29 is 23.9 Å². The maximum absolute atomic E-state index is 12.6. The van der Waals surface area contributed by atoms with Crippen molar-refractivity contribution >= 4 is 18.0 Å². The maximum atomic E-state index is 12.6. The summed E-state index contributed by atoms with van der Waals surface area (Å²) in [6.45, 7) is 5.23. The van der Waals surface area contributed by atoms with Crippen molar-refractivity contribution in [2.24, 2.45) is 5.92 Å². The van der Waals surface area contributed by atoms with Gasteiger partial charge in [-0.3, -0.25) is 9.59 Å². The van der Waals surface area contributed by atoms with Gasteiger partial charge in [0.05, 0.1) is 6.61 Å². The van der Waals surface area contributed by atoms with Crippen LogP contribution in [0.15, 0.2) is 43.0 Å². The Kier molecular flexibility index (Phi) is 6.12. The van der Waals surface area contributed by atoms with Gasteiger partial charge in [-0.15, -0.1) is 6.58 Å². The summed E-state index contributed by atoms with van der Waals surface area (Å²) in [6, 6.07) is 8.85. The Labute approximate surface area is 141 Å². The fraction of sp³-hybridized carbons (Fsp3) is 0.389. The zero-order chi connectivity index (χ0) is 17.5. The van der Waals surface area contributed by atoms with E-state index in [0.29, 0.717) is 6.42 Å². The minimum atomic E-state index is -0.640. The molecule has 1 aromatic carbocycles. The number of carbonyl (C=O) groups excluding carboxylic acids is 3. The molecule has 2 rings (SSSR count). The number of rotatable bonds is 7. The normalized spacial score (nSPS) is 18.0. The van der Waals surface area contributed by atoms with Crippen LogP contribution in [0, 0.1) is 5.92 Å². The van der Waals surface area contributed by atoms with Crippen molar-refractivity contribution in [1.82, 2.24) is 4.90 Å². The molecule has 24 heavy (non-hydrogen) atoms. The predicted octanol–water partition coefficient (Wildman–Crippen LogP) is 2.85. The average Bonchev–Trinajstić information content (AvgIpc) is 2.95. The molecule has 1 saturated heterocycles. The molecule has 0 bridgehead atoms. The van der Waals surface area contributed by atoms with E-state index in [9.17, 15) is 14.4 Å². The Morgan fingerprint density at radius 3 is 2.75 bits per heavy atom. The Bertz CT molecular complexity index is 613. The summed E-state index contributed by atoms with van der Waals surface area (Å²) in [5, 5.41) is 0. The molecule has 0 aromatic heterocycles. The number of imide groups is 1. The lowest BCUT2D eigenvalue weighted by molar-refractivity contribution is -0.143. The zero-order valence-electron chi connectivity index (χ0n) is 13.6. The van der Waals surface area contributed by atoms with Gasteiger partial charge >= 0.3 is 12.1 Å². The Morgan fingerprint density at radius 2 is 2.12 bits per heavy atom. The third kappa shape index (κ3) is 4.44. The van der Waals surface area contributed by atoms with Crippen LogP contribution in [-0.4, -0.2) is 36.1 Å². The highest BCUT2D eigenvalue weighted by Crippen LogP contribution is 2.29. The summed E-state index contributed by atoms with van der Waals surface area (Å²) in [7, 11) is 0. The minimum Gasteiger partial charge on any atom is -0.466 e. The van der Waals surface area contributed by atoms with E-state index in [-0.39, 0.29) is 31.5 Å². The summed E-state index contributed by atoms with van der Waals surface area (Å²) in [5.74, 6) is -0.965. The molecule has 0 unspecified atom stereocenters. The molecule has 0 spiro atoms. The van der Waals surface area contributed by atoms with Gasteiger partial charge < -0.3 is 9.47 Å². The number of amides is 2. The van der Waals surface area contributed by atoms with Crippen LogP contribution in [0.3, 0.4) is 0 Å². The number of nitrogens with zero attached hydrogens (tertiary/aromatic N) is 1. The molecule has 0 radical (unpaired) electrons. The standard InChI is InChI=1S/C18H21NO5/c1-3-7-14(11-23-13(2)20)10-17(21)19-16(12-24-18(19)22)15-8-5-4-6-9-15/h3-6,8-9,14,16H,1,7,10-12H2,2H3/t14-,16-/m0/s1. The average molecular weight is 331 g/mol. The van der Waals surface area contributed by atoms with Gasteiger partial charge in [0, 0.05) is 19.3 Å². The van der Waals surface area contributed by atoms with Crippen LogP contribution in [0.1, 0.15) is 31.4 Å². The highest BCUT2D eigenvalue weighted by Gasteiger charge is 2.39. The summed E-state index contributed by atoms with van der Waals surface area (Å²) in [5.41, 5.74) is 0.844. The Balaban J connectivity index is 2.08. The first kappa shape index (κ1) is 17.7. The lowest BCUT2D eigenvalue weighted by atomic mass is 10.0. The van der Waals surface area contributed by atoms with Gasteiger partial charge in [0.25, 0.3) is 0 Å². The number of allylic oxidation sites excluding steroid dienone is 1. The van der Waals surface area contributed by atoms with E-state index in [1.165, 1.54) is 6.92 Å². The molecule has 1 heterocycles. The highest BCUT2D eigenvalue weighted by atomic mass is 16.6. The molecule has 2 amide bonds. The van der Waals surface area contributed by atoms with E-state index in [4.69, 9.17) is 9.47 Å². The van der Waals surface area contributed by atoms with Crippen LogP contribution in [0.25, 0.3) is 0 Å². The molecule has 0 aliphatic carbocycles. The molecule has 0 saturated carbocycles. The number of hydrogen-bond acceptors (Lipinski definition) is 5. The third-order valence-electron chi connectivity index (χ3n) is 3.81. The smallest absolute Gasteiger partial charge is 0.417 e. The predicted molar refractivity (Wildman–Crippen MR) is 86.9 cm³/mol. The molecular formula is C18H21NO5. The van der Waals surface area contributed by atoms with Gasteiger partial charge in [-0.2, -0.15) is 0 Å². The molecule has 1 fully saturated rings. The van der Waals surface area contributed by atoms with Gasteiger partial charge in [-0.05, 0) is 12.0 Å². The molecule has 1 aliphatic heterocycles. The van der Waals surface area contributed by atoms with E-state index in [2.05, 4.69) is 6.58 Å². The number of esters is 1. The number of carbonyl (C=O) groups is 3. The van der Waals surface area contributed by atoms with Crippen LogP contribution < -0.4 is 0 Å². The van der Waals surface area contributed by atoms with Crippen molar-refractivity contribution in [3.05, 3.63) is 48.6 Å². The fourth-order valence-corrected chi connectivity index (χ4v) is 2.64. The molecule has 6 heteroatoms. The number of hydrogen-bond donors (Lipinski definition) is 0. The van der Waals surface area contributed by atoms with E-state index in [0.717, 1.165) is 10.5 Å². The first-order valence-electron chi connectivity index (χ1n) is 7.81. The van der Waals surface area contributed by atoms with Crippen LogP contribution in [0.2, 0.25) is 0 Å². The minimum absolute atomic E-state index is 0.0811. The second kappa shape index (κ2) is 8.29. The summed E-state index contributed by atoms with van der Waals surface area (Å²) in [6.07, 6.45) is 1.62. The van der Waals surface area contributed by atoms with Crippen molar-refractivity contribution in [3.63, 3.8) is 0 Å². The lowest BCUT2D eigenvalue weighted by Gasteiger charge is -2.22. The SMILES string of the molecule is C=CC[C@H](COC(C)=O)CC(=O)N1C(=O)OC[C@H]1c1ccccc1. The molecule has 1 aliphatic rings. The highest BCUT2D eigenvalue weighted by molar-refractivity contribution is 5.93. The lowest BCUT2D eigenvalue weighted by Crippen LogP contribution is -2.35. The van der Waals surface area contributed by atoms with E-state index < -0.39 is 18.1 Å². The van der Waals surface area contributed by atoms with E-state index in [1.54, 1.807) is 6.08 Å². The van der Waals surface area contributed by atoms with Crippen molar-refractivity contribution in [1.29, 1.82) is 0 Å². The largest absolute Gasteiger partial charge is 0.466 e. The molecule has 0 N–H and O–H groups in total. The Morgan fingerprint density at radius 1 is 1.42 bits per heavy atom. The number of benzene rings is 1. The van der Waals surface area contributed by atoms with Gasteiger partial charge in [-0.25, -0.2) is 9.69 Å². The third-order valence-corrected chi connectivity index (χ3v) is 3.81. The van der Waals surface area contributed by atoms with Crippen molar-refractivity contribution in [2.45, 2.75) is 25.8 Å². The topological polar surface area (TPSA) is 72.9 Å². The molecular weight excluding hydrogens is 310 g/mol. The summed E-state index contributed by atoms with van der Waals surface area (Å²) >= 11 is 0. The number of cyclic esters (lactones) is 1. The molecule has 128 valence electrons. The van der Waals surface area contributed by atoms with Gasteiger partial charge in [0.1, 0.15) is 12.6 Å². The van der Waals surface area contributed by atoms with Crippen molar-refractivity contribution in [2.75, 3.05) is 13.2 Å². The Hall–Kier alpha value is -2.63. The van der Waals surface area contributed by atoms with Gasteiger partial charge in [-0.1, -0.05) is 36.4 Å². The molecule has 2 atom stereocenters. The van der Waals surface area contributed by atoms with Crippen LogP contribution in [-0.2, 0) is 19.1 Å². The van der Waals surface area contributed by atoms with Crippen molar-refractivity contribution in [3.8, 4) is 0 Å². The van der Waals surface area contributed by atoms with Crippen LogP contribution >= 0.6 is 0 Å². The van der Waals surface area contributed by atoms with E-state index >= 15 is 0 Å². The summed E-state index contributed by atoms with van der Waals surface area (Å²) in [4.78, 5) is 36.7. The first-order chi connectivity index (χ1) is 11.5. The zero-order valence-corrected chi connectivity index (χ0v) is 13.6. The van der Waals surface area contributed by atoms with Crippen LogP contribution in [0.5, 0.6) is 0 Å². The number of ether oxygens (including phenoxy) is 2. The molecule has 1 aromatic rings. The van der Waals surface area contributed by atoms with Gasteiger partial charge in [0.2, 0.25) is 5.91 Å². The fourth-order valence-electron chi connectivity index (χ4n) is 2.64. The monoisotopic (exact) mass is 331 g/mol. The second-order valence-electron chi connectivity index (χ2n) is 5.66. The first-order valence-corrected chi connectivity index (χ1v) is 7.81. The summed E-state index contributed by atoms with van der Waals surface area (Å²) < 4.78 is 10.0.